The van der Waals surface area contributed by atoms with Crippen LogP contribution in [0.2, 0.25) is 0 Å². The van der Waals surface area contributed by atoms with Gasteiger partial charge in [0.2, 0.25) is 0 Å². The van der Waals surface area contributed by atoms with Crippen molar-refractivity contribution in [3.8, 4) is 0 Å². The molecule has 1 atom stereocenters. The lowest BCUT2D eigenvalue weighted by molar-refractivity contribution is -0.133. The van der Waals surface area contributed by atoms with Crippen LogP contribution in [0.4, 0.5) is 5.69 Å². The van der Waals surface area contributed by atoms with Gasteiger partial charge in [0.05, 0.1) is 12.1 Å². The van der Waals surface area contributed by atoms with E-state index in [1.807, 2.05) is 18.2 Å². The van der Waals surface area contributed by atoms with E-state index in [4.69, 9.17) is 9.15 Å². The maximum Gasteiger partial charge on any atom is 0.419 e. The van der Waals surface area contributed by atoms with Crippen LogP contribution < -0.4 is 11.1 Å². The van der Waals surface area contributed by atoms with E-state index in [-0.39, 0.29) is 5.91 Å². The third-order valence-corrected chi connectivity index (χ3v) is 4.75. The number of rotatable bonds is 4. The van der Waals surface area contributed by atoms with Gasteiger partial charge in [-0.1, -0.05) is 30.3 Å². The van der Waals surface area contributed by atoms with Crippen molar-refractivity contribution in [1.29, 1.82) is 0 Å². The average Bonchev–Trinajstić information content (AvgIpc) is 2.96. The number of benzene rings is 2. The van der Waals surface area contributed by atoms with Crippen LogP contribution in [0.1, 0.15) is 5.56 Å². The Balaban J connectivity index is 1.42. The van der Waals surface area contributed by atoms with Crippen LogP contribution in [0.15, 0.2) is 57.7 Å². The normalized spacial score (nSPS) is 17.9. The van der Waals surface area contributed by atoms with Crippen molar-refractivity contribution in [3.63, 3.8) is 0 Å². The Morgan fingerprint density at radius 2 is 2.04 bits per heavy atom. The van der Waals surface area contributed by atoms with Crippen LogP contribution in [0.3, 0.4) is 0 Å². The Kier molecular flexibility index (Phi) is 4.79. The molecular formula is C20H21N3O4. The Hall–Kier alpha value is -2.90. The summed E-state index contributed by atoms with van der Waals surface area (Å²) in [6.07, 6.45) is -0.541. The van der Waals surface area contributed by atoms with Gasteiger partial charge in [0.1, 0.15) is 6.10 Å². The quantitative estimate of drug-likeness (QED) is 0.763. The number of oxazole rings is 1. The third kappa shape index (κ3) is 3.79. The van der Waals surface area contributed by atoms with Gasteiger partial charge in [0, 0.05) is 38.4 Å². The number of nitrogens with one attached hydrogen (secondary N) is 1. The Morgan fingerprint density at radius 3 is 2.85 bits per heavy atom. The summed E-state index contributed by atoms with van der Waals surface area (Å²) in [4.78, 5) is 26.4. The van der Waals surface area contributed by atoms with Crippen molar-refractivity contribution in [2.45, 2.75) is 12.6 Å². The summed E-state index contributed by atoms with van der Waals surface area (Å²) in [7, 11) is 1.64. The molecule has 1 unspecified atom stereocenters. The minimum atomic E-state index is -0.541. The highest BCUT2D eigenvalue weighted by molar-refractivity contribution is 5.95. The van der Waals surface area contributed by atoms with E-state index in [0.29, 0.717) is 29.9 Å². The second-order valence-electron chi connectivity index (χ2n) is 6.68. The van der Waals surface area contributed by atoms with E-state index in [0.717, 1.165) is 13.1 Å². The minimum Gasteiger partial charge on any atom is -0.408 e. The molecule has 0 radical (unpaired) electrons. The number of anilines is 1. The first-order valence-corrected chi connectivity index (χ1v) is 8.88. The molecule has 0 aliphatic carbocycles. The summed E-state index contributed by atoms with van der Waals surface area (Å²) in [6.45, 7) is 2.62. The smallest absolute Gasteiger partial charge is 0.408 e. The Bertz CT molecular complexity index is 1010. The zero-order valence-corrected chi connectivity index (χ0v) is 15.1. The fourth-order valence-corrected chi connectivity index (χ4v) is 3.28. The van der Waals surface area contributed by atoms with E-state index in [1.165, 1.54) is 10.1 Å². The number of carbonyl (C=O) groups excluding carboxylic acids is 1. The molecule has 4 rings (SSSR count). The summed E-state index contributed by atoms with van der Waals surface area (Å²) >= 11 is 0. The van der Waals surface area contributed by atoms with Gasteiger partial charge in [-0.3, -0.25) is 14.3 Å². The van der Waals surface area contributed by atoms with Crippen molar-refractivity contribution in [2.24, 2.45) is 7.05 Å². The molecule has 7 heteroatoms. The van der Waals surface area contributed by atoms with Crippen LogP contribution in [0, 0.1) is 0 Å². The lowest BCUT2D eigenvalue weighted by Crippen LogP contribution is -2.47. The summed E-state index contributed by atoms with van der Waals surface area (Å²) in [5, 5.41) is 2.86. The highest BCUT2D eigenvalue weighted by atomic mass is 16.5. The first-order valence-electron chi connectivity index (χ1n) is 8.88. The molecule has 0 spiro atoms. The SMILES string of the molecule is Cn1c(=O)oc2cc(NC(=O)C3CN(Cc4ccccc4)CCO3)ccc21. The molecular weight excluding hydrogens is 346 g/mol. The predicted octanol–water partition coefficient (Wildman–Crippen LogP) is 1.97. The standard InChI is InChI=1S/C20H21N3O4/c1-22-16-8-7-15(11-17(16)27-20(22)25)21-19(24)18-13-23(9-10-26-18)12-14-5-3-2-4-6-14/h2-8,11,18H,9-10,12-13H2,1H3,(H,21,24). The molecule has 1 fully saturated rings. The highest BCUT2D eigenvalue weighted by Crippen LogP contribution is 2.19. The van der Waals surface area contributed by atoms with Crippen LogP contribution in [0.25, 0.3) is 11.1 Å². The van der Waals surface area contributed by atoms with E-state index in [9.17, 15) is 9.59 Å². The lowest BCUT2D eigenvalue weighted by Gasteiger charge is -2.32. The summed E-state index contributed by atoms with van der Waals surface area (Å²) in [5.74, 6) is -0.633. The molecule has 1 N–H and O–H groups in total. The molecule has 0 saturated carbocycles. The lowest BCUT2D eigenvalue weighted by atomic mass is 10.2. The molecule has 2 heterocycles. The maximum absolute atomic E-state index is 12.6. The monoisotopic (exact) mass is 367 g/mol. The second-order valence-corrected chi connectivity index (χ2v) is 6.68. The van der Waals surface area contributed by atoms with E-state index in [1.54, 1.807) is 25.2 Å². The number of ether oxygens (including phenoxy) is 1. The van der Waals surface area contributed by atoms with Crippen molar-refractivity contribution in [2.75, 3.05) is 25.0 Å². The molecule has 1 saturated heterocycles. The molecule has 0 bridgehead atoms. The van der Waals surface area contributed by atoms with Gasteiger partial charge in [-0.05, 0) is 17.7 Å². The van der Waals surface area contributed by atoms with Crippen LogP contribution in [0.5, 0.6) is 0 Å². The van der Waals surface area contributed by atoms with Gasteiger partial charge < -0.3 is 14.5 Å². The zero-order chi connectivity index (χ0) is 18.8. The number of fused-ring (bicyclic) bond motifs is 1. The van der Waals surface area contributed by atoms with Gasteiger partial charge in [-0.2, -0.15) is 0 Å². The van der Waals surface area contributed by atoms with E-state index in [2.05, 4.69) is 22.3 Å². The van der Waals surface area contributed by atoms with Gasteiger partial charge >= 0.3 is 5.76 Å². The number of aryl methyl sites for hydroxylation is 1. The van der Waals surface area contributed by atoms with Gasteiger partial charge in [0.25, 0.3) is 5.91 Å². The molecule has 1 aliphatic rings. The predicted molar refractivity (Wildman–Crippen MR) is 102 cm³/mol. The topological polar surface area (TPSA) is 76.7 Å². The number of hydrogen-bond donors (Lipinski definition) is 1. The molecule has 27 heavy (non-hydrogen) atoms. The van der Waals surface area contributed by atoms with Crippen LogP contribution in [-0.4, -0.2) is 41.2 Å². The number of aromatic nitrogens is 1. The molecule has 1 amide bonds. The fourth-order valence-electron chi connectivity index (χ4n) is 3.28. The fraction of sp³-hybridized carbons (Fsp3) is 0.300. The molecule has 2 aromatic carbocycles. The number of nitrogens with zero attached hydrogens (tertiary/aromatic N) is 2. The van der Waals surface area contributed by atoms with Gasteiger partial charge in [-0.25, -0.2) is 4.79 Å². The maximum atomic E-state index is 12.6. The van der Waals surface area contributed by atoms with Crippen molar-refractivity contribution in [3.05, 3.63) is 64.6 Å². The molecule has 1 aromatic heterocycles. The average molecular weight is 367 g/mol. The zero-order valence-electron chi connectivity index (χ0n) is 15.1. The van der Waals surface area contributed by atoms with E-state index >= 15 is 0 Å². The van der Waals surface area contributed by atoms with Crippen LogP contribution >= 0.6 is 0 Å². The largest absolute Gasteiger partial charge is 0.419 e. The first kappa shape index (κ1) is 17.5. The molecule has 1 aliphatic heterocycles. The number of morpholine rings is 1. The third-order valence-electron chi connectivity index (χ3n) is 4.75. The minimum absolute atomic E-state index is 0.203. The highest BCUT2D eigenvalue weighted by Gasteiger charge is 2.27. The number of hydrogen-bond acceptors (Lipinski definition) is 5. The van der Waals surface area contributed by atoms with Crippen molar-refractivity contribution >= 4 is 22.7 Å². The Labute approximate surface area is 156 Å². The van der Waals surface area contributed by atoms with Crippen molar-refractivity contribution in [1.82, 2.24) is 9.47 Å². The summed E-state index contributed by atoms with van der Waals surface area (Å²) in [6, 6.07) is 15.3. The first-order chi connectivity index (χ1) is 13.1. The summed E-state index contributed by atoms with van der Waals surface area (Å²) < 4.78 is 12.2. The van der Waals surface area contributed by atoms with Gasteiger partial charge in [0.15, 0.2) is 5.58 Å². The van der Waals surface area contributed by atoms with E-state index < -0.39 is 11.9 Å². The summed E-state index contributed by atoms with van der Waals surface area (Å²) in [5.41, 5.74) is 2.91. The Morgan fingerprint density at radius 1 is 1.22 bits per heavy atom. The molecule has 7 nitrogen and oxygen atoms in total. The molecule has 3 aromatic rings. The van der Waals surface area contributed by atoms with Crippen LogP contribution in [-0.2, 0) is 23.1 Å². The number of amides is 1. The molecule has 140 valence electrons. The second kappa shape index (κ2) is 7.38. The van der Waals surface area contributed by atoms with Crippen molar-refractivity contribution < 1.29 is 13.9 Å². The van der Waals surface area contributed by atoms with Gasteiger partial charge in [-0.15, -0.1) is 0 Å². The number of carbonyl (C=O) groups is 1.